The fourth-order valence-electron chi connectivity index (χ4n) is 3.22. The van der Waals surface area contributed by atoms with Crippen molar-refractivity contribution in [2.75, 3.05) is 27.1 Å². The van der Waals surface area contributed by atoms with Crippen molar-refractivity contribution >= 4 is 43.3 Å². The van der Waals surface area contributed by atoms with E-state index in [1.807, 2.05) is 26.0 Å². The summed E-state index contributed by atoms with van der Waals surface area (Å²) in [7, 11) is -7.39. The molecule has 0 unspecified atom stereocenters. The molecule has 2 aromatic carbocycles. The summed E-state index contributed by atoms with van der Waals surface area (Å²) in [5.74, 6) is -0.362. The lowest BCUT2D eigenvalue weighted by Gasteiger charge is -2.23. The van der Waals surface area contributed by atoms with Crippen molar-refractivity contribution < 1.29 is 21.6 Å². The molecule has 0 aliphatic rings. The first-order valence-corrected chi connectivity index (χ1v) is 14.0. The van der Waals surface area contributed by atoms with Gasteiger partial charge < -0.3 is 5.32 Å². The van der Waals surface area contributed by atoms with Gasteiger partial charge in [0.2, 0.25) is 21.9 Å². The molecule has 0 atom stereocenters. The Morgan fingerprint density at radius 2 is 1.60 bits per heavy atom. The van der Waals surface area contributed by atoms with E-state index >= 15 is 0 Å². The number of anilines is 3. The Hall–Kier alpha value is -3.51. The Morgan fingerprint density at radius 1 is 0.943 bits per heavy atom. The summed E-state index contributed by atoms with van der Waals surface area (Å²) in [5.41, 5.74) is 3.01. The summed E-state index contributed by atoms with van der Waals surface area (Å²) in [6.45, 7) is 4.01. The number of carbonyl (C=O) groups is 1. The molecule has 2 N–H and O–H groups in total. The average molecular weight is 518 g/mol. The average Bonchev–Trinajstić information content (AvgIpc) is 2.79. The molecule has 0 radical (unpaired) electrons. The number of aromatic nitrogens is 2. The molecule has 10 nitrogen and oxygen atoms in total. The second kappa shape index (κ2) is 10.8. The number of hydrogen-bond acceptors (Lipinski definition) is 7. The molecule has 0 fully saturated rings. The summed E-state index contributed by atoms with van der Waals surface area (Å²) in [6.07, 6.45) is 4.36. The van der Waals surface area contributed by atoms with Crippen LogP contribution in [0.4, 0.5) is 17.3 Å². The fraction of sp³-hybridized carbons (Fsp3) is 0.261. The van der Waals surface area contributed by atoms with Crippen LogP contribution in [0.3, 0.4) is 0 Å². The van der Waals surface area contributed by atoms with E-state index in [0.29, 0.717) is 17.8 Å². The number of nitrogens with one attached hydrogen (secondary N) is 2. The third kappa shape index (κ3) is 7.23. The second-order valence-corrected chi connectivity index (χ2v) is 11.5. The van der Waals surface area contributed by atoms with Crippen LogP contribution in [-0.4, -0.2) is 45.5 Å². The highest BCUT2D eigenvalue weighted by Crippen LogP contribution is 2.22. The molecule has 0 spiro atoms. The van der Waals surface area contributed by atoms with Crippen LogP contribution in [0.25, 0.3) is 0 Å². The van der Waals surface area contributed by atoms with Crippen LogP contribution in [0.1, 0.15) is 24.0 Å². The second-order valence-electron chi connectivity index (χ2n) is 7.96. The van der Waals surface area contributed by atoms with Gasteiger partial charge in [-0.05, 0) is 73.9 Å². The highest BCUT2D eigenvalue weighted by molar-refractivity contribution is 7.92. The van der Waals surface area contributed by atoms with Crippen molar-refractivity contribution in [2.45, 2.75) is 31.6 Å². The van der Waals surface area contributed by atoms with E-state index in [9.17, 15) is 21.6 Å². The topological polar surface area (TPSA) is 138 Å². The third-order valence-electron chi connectivity index (χ3n) is 5.18. The van der Waals surface area contributed by atoms with E-state index in [1.54, 1.807) is 12.1 Å². The van der Waals surface area contributed by atoms with Gasteiger partial charge in [0.25, 0.3) is 10.0 Å². The van der Waals surface area contributed by atoms with Gasteiger partial charge >= 0.3 is 0 Å². The Bertz CT molecular complexity index is 1390. The van der Waals surface area contributed by atoms with Crippen LogP contribution < -0.4 is 14.3 Å². The molecule has 0 bridgehead atoms. The summed E-state index contributed by atoms with van der Waals surface area (Å²) in [4.78, 5) is 20.0. The minimum Gasteiger partial charge on any atom is -0.326 e. The third-order valence-corrected chi connectivity index (χ3v) is 7.72. The van der Waals surface area contributed by atoms with Crippen molar-refractivity contribution in [1.29, 1.82) is 0 Å². The van der Waals surface area contributed by atoms with Crippen LogP contribution in [0.2, 0.25) is 0 Å². The molecule has 12 heteroatoms. The van der Waals surface area contributed by atoms with Gasteiger partial charge in [0, 0.05) is 31.0 Å². The Balaban J connectivity index is 1.57. The minimum absolute atomic E-state index is 0.0138. The molecule has 1 heterocycles. The normalized spacial score (nSPS) is 11.6. The van der Waals surface area contributed by atoms with Gasteiger partial charge in [0.1, 0.15) is 0 Å². The Morgan fingerprint density at radius 3 is 2.20 bits per heavy atom. The predicted octanol–water partition coefficient (Wildman–Crippen LogP) is 3.08. The molecule has 3 rings (SSSR count). The van der Waals surface area contributed by atoms with Gasteiger partial charge in [0.15, 0.2) is 0 Å². The predicted molar refractivity (Wildman–Crippen MR) is 135 cm³/mol. The number of amides is 1. The molecule has 0 aliphatic heterocycles. The molecular formula is C23H27N5O5S2. The highest BCUT2D eigenvalue weighted by Gasteiger charge is 2.19. The molecule has 0 aliphatic carbocycles. The smallest absolute Gasteiger partial charge is 0.264 e. The Kier molecular flexibility index (Phi) is 8.07. The quantitative estimate of drug-likeness (QED) is 0.421. The molecule has 0 saturated heterocycles. The lowest BCUT2D eigenvalue weighted by Crippen LogP contribution is -2.31. The number of sulfonamides is 2. The zero-order valence-corrected chi connectivity index (χ0v) is 21.2. The number of hydrogen-bond donors (Lipinski definition) is 2. The van der Waals surface area contributed by atoms with Crippen LogP contribution in [-0.2, 0) is 24.8 Å². The van der Waals surface area contributed by atoms with E-state index in [1.165, 1.54) is 41.0 Å². The molecule has 3 aromatic rings. The maximum absolute atomic E-state index is 12.4. The number of benzene rings is 2. The van der Waals surface area contributed by atoms with E-state index in [4.69, 9.17) is 0 Å². The van der Waals surface area contributed by atoms with Crippen LogP contribution in [0.5, 0.6) is 0 Å². The number of aryl methyl sites for hydroxylation is 2. The fourth-order valence-corrected chi connectivity index (χ4v) is 5.14. The van der Waals surface area contributed by atoms with Crippen molar-refractivity contribution in [3.63, 3.8) is 0 Å². The number of nitrogens with zero attached hydrogens (tertiary/aromatic N) is 3. The van der Waals surface area contributed by atoms with Crippen molar-refractivity contribution in [3.8, 4) is 0 Å². The summed E-state index contributed by atoms with van der Waals surface area (Å²) >= 11 is 0. The van der Waals surface area contributed by atoms with Gasteiger partial charge in [-0.25, -0.2) is 31.5 Å². The van der Waals surface area contributed by atoms with Gasteiger partial charge in [-0.1, -0.05) is 6.07 Å². The van der Waals surface area contributed by atoms with Crippen LogP contribution in [0, 0.1) is 13.8 Å². The van der Waals surface area contributed by atoms with Gasteiger partial charge in [-0.3, -0.25) is 9.10 Å². The lowest BCUT2D eigenvalue weighted by molar-refractivity contribution is -0.116. The summed E-state index contributed by atoms with van der Waals surface area (Å²) in [6, 6.07) is 12.6. The molecular weight excluding hydrogens is 490 g/mol. The number of rotatable bonds is 10. The maximum atomic E-state index is 12.4. The summed E-state index contributed by atoms with van der Waals surface area (Å²) < 4.78 is 53.0. The maximum Gasteiger partial charge on any atom is 0.264 e. The SMILES string of the molecule is Cc1ccc(N(CCCC(=O)Nc2ccc(S(=O)(=O)Nc3ncccn3)cc2)S(C)(=O)=O)cc1C. The minimum atomic E-state index is -3.88. The first kappa shape index (κ1) is 26.1. The van der Waals surface area contributed by atoms with Crippen LogP contribution in [0.15, 0.2) is 65.8 Å². The van der Waals surface area contributed by atoms with Crippen molar-refractivity contribution in [1.82, 2.24) is 9.97 Å². The molecule has 1 aromatic heterocycles. The van der Waals surface area contributed by atoms with E-state index < -0.39 is 20.0 Å². The molecule has 186 valence electrons. The van der Waals surface area contributed by atoms with Crippen LogP contribution >= 0.6 is 0 Å². The van der Waals surface area contributed by atoms with Gasteiger partial charge in [0.05, 0.1) is 16.8 Å². The molecule has 35 heavy (non-hydrogen) atoms. The first-order chi connectivity index (χ1) is 16.5. The van der Waals surface area contributed by atoms with E-state index in [0.717, 1.165) is 17.4 Å². The van der Waals surface area contributed by atoms with Crippen molar-refractivity contribution in [2.24, 2.45) is 0 Å². The lowest BCUT2D eigenvalue weighted by atomic mass is 10.1. The largest absolute Gasteiger partial charge is 0.326 e. The van der Waals surface area contributed by atoms with E-state index in [-0.39, 0.29) is 29.7 Å². The zero-order valence-electron chi connectivity index (χ0n) is 19.6. The standard InChI is InChI=1S/C23H27N5O5S2/c1-17-7-10-20(16-18(17)2)28(34(3,30)31)15-4-6-22(29)26-19-8-11-21(12-9-19)35(32,33)27-23-24-13-5-14-25-23/h5,7-14,16H,4,6,15H2,1-3H3,(H,26,29)(H,24,25,27). The van der Waals surface area contributed by atoms with Gasteiger partial charge in [-0.2, -0.15) is 0 Å². The van der Waals surface area contributed by atoms with E-state index in [2.05, 4.69) is 20.0 Å². The summed E-state index contributed by atoms with van der Waals surface area (Å²) in [5, 5.41) is 2.69. The first-order valence-electron chi connectivity index (χ1n) is 10.7. The zero-order chi connectivity index (χ0) is 25.6. The van der Waals surface area contributed by atoms with Crippen molar-refractivity contribution in [3.05, 3.63) is 72.1 Å². The molecule has 1 amide bonds. The molecule has 0 saturated carbocycles. The monoisotopic (exact) mass is 517 g/mol. The highest BCUT2D eigenvalue weighted by atomic mass is 32.2. The van der Waals surface area contributed by atoms with Gasteiger partial charge in [-0.15, -0.1) is 0 Å². The number of carbonyl (C=O) groups excluding carboxylic acids is 1. The Labute approximate surface area is 205 Å².